The van der Waals surface area contributed by atoms with E-state index < -0.39 is 23.9 Å². The second kappa shape index (κ2) is 4.98. The first-order chi connectivity index (χ1) is 9.36. The molecule has 7 heteroatoms. The zero-order valence-corrected chi connectivity index (χ0v) is 10.1. The SMILES string of the molecule is N#CC1C(=O)N(N)C(c2ccccc2)=CC1C(F)(F)F. The van der Waals surface area contributed by atoms with Crippen LogP contribution >= 0.6 is 0 Å². The molecule has 1 aliphatic heterocycles. The number of hydrogen-bond donors (Lipinski definition) is 1. The van der Waals surface area contributed by atoms with E-state index in [0.29, 0.717) is 10.6 Å². The molecule has 1 aliphatic rings. The minimum absolute atomic E-state index is 0.0515. The predicted molar refractivity (Wildman–Crippen MR) is 64.1 cm³/mol. The fourth-order valence-corrected chi connectivity index (χ4v) is 2.03. The first kappa shape index (κ1) is 14.1. The number of hydrogen-bond acceptors (Lipinski definition) is 3. The molecule has 2 unspecified atom stereocenters. The molecule has 2 N–H and O–H groups in total. The number of allylic oxidation sites excluding steroid dienone is 1. The molecule has 0 bridgehead atoms. The van der Waals surface area contributed by atoms with Crippen molar-refractivity contribution in [2.24, 2.45) is 17.7 Å². The van der Waals surface area contributed by atoms with Crippen LogP contribution in [0.3, 0.4) is 0 Å². The van der Waals surface area contributed by atoms with Gasteiger partial charge in [-0.25, -0.2) is 10.9 Å². The smallest absolute Gasteiger partial charge is 0.271 e. The van der Waals surface area contributed by atoms with E-state index in [0.717, 1.165) is 6.08 Å². The summed E-state index contributed by atoms with van der Waals surface area (Å²) in [7, 11) is 0. The van der Waals surface area contributed by atoms with Gasteiger partial charge in [0.25, 0.3) is 5.91 Å². The zero-order chi connectivity index (χ0) is 14.9. The maximum absolute atomic E-state index is 13.0. The van der Waals surface area contributed by atoms with Crippen molar-refractivity contribution in [1.82, 2.24) is 5.01 Å². The van der Waals surface area contributed by atoms with Gasteiger partial charge in [-0.2, -0.15) is 18.4 Å². The van der Waals surface area contributed by atoms with Gasteiger partial charge in [0, 0.05) is 0 Å². The fraction of sp³-hybridized carbons (Fsp3) is 0.231. The number of alkyl halides is 3. The van der Waals surface area contributed by atoms with Gasteiger partial charge < -0.3 is 0 Å². The second-order valence-electron chi connectivity index (χ2n) is 4.30. The summed E-state index contributed by atoms with van der Waals surface area (Å²) in [6, 6.07) is 9.38. The summed E-state index contributed by atoms with van der Waals surface area (Å²) in [6.45, 7) is 0. The largest absolute Gasteiger partial charge is 0.397 e. The summed E-state index contributed by atoms with van der Waals surface area (Å²) >= 11 is 0. The molecule has 0 spiro atoms. The van der Waals surface area contributed by atoms with Crippen molar-refractivity contribution in [2.75, 3.05) is 0 Å². The van der Waals surface area contributed by atoms with Gasteiger partial charge in [0.05, 0.1) is 11.8 Å². The molecule has 1 aromatic rings. The molecule has 1 amide bonds. The van der Waals surface area contributed by atoms with Crippen molar-refractivity contribution < 1.29 is 18.0 Å². The Morgan fingerprint density at radius 2 is 1.85 bits per heavy atom. The number of halogens is 3. The molecule has 104 valence electrons. The molecule has 0 saturated carbocycles. The van der Waals surface area contributed by atoms with Crippen LogP contribution in [0.15, 0.2) is 36.4 Å². The van der Waals surface area contributed by atoms with Crippen molar-refractivity contribution in [3.05, 3.63) is 42.0 Å². The van der Waals surface area contributed by atoms with Crippen molar-refractivity contribution in [1.29, 1.82) is 5.26 Å². The highest BCUT2D eigenvalue weighted by Gasteiger charge is 2.50. The van der Waals surface area contributed by atoms with E-state index in [1.807, 2.05) is 0 Å². The summed E-state index contributed by atoms with van der Waals surface area (Å²) in [6.07, 6.45) is -3.86. The van der Waals surface area contributed by atoms with E-state index in [2.05, 4.69) is 0 Å². The fourth-order valence-electron chi connectivity index (χ4n) is 2.03. The lowest BCUT2D eigenvalue weighted by Gasteiger charge is -2.32. The van der Waals surface area contributed by atoms with Gasteiger partial charge in [0.2, 0.25) is 0 Å². The third-order valence-electron chi connectivity index (χ3n) is 3.05. The van der Waals surface area contributed by atoms with Gasteiger partial charge >= 0.3 is 6.18 Å². The minimum Gasteiger partial charge on any atom is -0.271 e. The topological polar surface area (TPSA) is 70.1 Å². The highest BCUT2D eigenvalue weighted by Crippen LogP contribution is 2.39. The summed E-state index contributed by atoms with van der Waals surface area (Å²) in [5.41, 5.74) is 0.332. The number of carbonyl (C=O) groups is 1. The lowest BCUT2D eigenvalue weighted by atomic mass is 9.86. The maximum atomic E-state index is 13.0. The molecule has 2 rings (SSSR count). The van der Waals surface area contributed by atoms with Crippen LogP contribution in [-0.4, -0.2) is 17.1 Å². The quantitative estimate of drug-likeness (QED) is 0.632. The number of amides is 1. The number of rotatable bonds is 1. The zero-order valence-electron chi connectivity index (χ0n) is 10.1. The molecular formula is C13H10F3N3O. The van der Waals surface area contributed by atoms with Crippen molar-refractivity contribution >= 4 is 11.6 Å². The summed E-state index contributed by atoms with van der Waals surface area (Å²) in [5, 5.41) is 9.39. The number of hydrazine groups is 1. The molecule has 20 heavy (non-hydrogen) atoms. The number of nitrogens with two attached hydrogens (primary N) is 1. The molecule has 0 fully saturated rings. The van der Waals surface area contributed by atoms with Crippen LogP contribution in [0.2, 0.25) is 0 Å². The van der Waals surface area contributed by atoms with Gasteiger partial charge in [-0.1, -0.05) is 30.3 Å². The summed E-state index contributed by atoms with van der Waals surface area (Å²) in [5.74, 6) is 0.452. The van der Waals surface area contributed by atoms with Gasteiger partial charge in [0.1, 0.15) is 11.8 Å². The van der Waals surface area contributed by atoms with Crippen LogP contribution in [0.1, 0.15) is 5.56 Å². The van der Waals surface area contributed by atoms with Gasteiger partial charge in [0.15, 0.2) is 0 Å². The van der Waals surface area contributed by atoms with Gasteiger partial charge in [-0.05, 0) is 11.6 Å². The first-order valence-corrected chi connectivity index (χ1v) is 5.68. The first-order valence-electron chi connectivity index (χ1n) is 5.68. The average Bonchev–Trinajstić information content (AvgIpc) is 2.41. The lowest BCUT2D eigenvalue weighted by molar-refractivity contribution is -0.178. The normalized spacial score (nSPS) is 23.2. The van der Waals surface area contributed by atoms with Crippen LogP contribution in [-0.2, 0) is 4.79 Å². The van der Waals surface area contributed by atoms with E-state index in [1.54, 1.807) is 30.3 Å². The third kappa shape index (κ3) is 2.38. The monoisotopic (exact) mass is 281 g/mol. The molecule has 0 radical (unpaired) electrons. The predicted octanol–water partition coefficient (Wildman–Crippen LogP) is 2.06. The highest BCUT2D eigenvalue weighted by molar-refractivity contribution is 5.92. The van der Waals surface area contributed by atoms with E-state index in [4.69, 9.17) is 11.1 Å². The van der Waals surface area contributed by atoms with E-state index in [9.17, 15) is 18.0 Å². The maximum Gasteiger partial charge on any atom is 0.397 e. The third-order valence-corrected chi connectivity index (χ3v) is 3.05. The molecule has 1 heterocycles. The Balaban J connectivity index is 2.54. The Kier molecular flexibility index (Phi) is 3.51. The van der Waals surface area contributed by atoms with Crippen LogP contribution in [0.25, 0.3) is 5.70 Å². The van der Waals surface area contributed by atoms with Crippen LogP contribution in [0.4, 0.5) is 13.2 Å². The van der Waals surface area contributed by atoms with E-state index in [-0.39, 0.29) is 5.70 Å². The molecule has 1 aromatic carbocycles. The molecule has 0 aliphatic carbocycles. The molecule has 0 aromatic heterocycles. The Morgan fingerprint density at radius 1 is 1.25 bits per heavy atom. The van der Waals surface area contributed by atoms with Crippen molar-refractivity contribution in [3.63, 3.8) is 0 Å². The number of nitrogens with zero attached hydrogens (tertiary/aromatic N) is 2. The minimum atomic E-state index is -4.68. The molecule has 0 saturated heterocycles. The Morgan fingerprint density at radius 3 is 2.35 bits per heavy atom. The Hall–Kier alpha value is -2.33. The van der Waals surface area contributed by atoms with Crippen molar-refractivity contribution in [3.8, 4) is 6.07 Å². The van der Waals surface area contributed by atoms with Gasteiger partial charge in [-0.15, -0.1) is 0 Å². The summed E-state index contributed by atoms with van der Waals surface area (Å²) in [4.78, 5) is 11.8. The average molecular weight is 281 g/mol. The van der Waals surface area contributed by atoms with E-state index in [1.165, 1.54) is 6.07 Å². The van der Waals surface area contributed by atoms with E-state index >= 15 is 0 Å². The number of nitriles is 1. The molecule has 4 nitrogen and oxygen atoms in total. The standard InChI is InChI=1S/C13H10F3N3O/c14-13(15,16)10-6-11(8-4-2-1-3-5-8)19(18)12(20)9(10)7-17/h1-6,9-10H,18H2. The van der Waals surface area contributed by atoms with Crippen LogP contribution in [0.5, 0.6) is 0 Å². The van der Waals surface area contributed by atoms with Crippen LogP contribution < -0.4 is 5.84 Å². The Labute approximate surface area is 112 Å². The Bertz CT molecular complexity index is 589. The summed E-state index contributed by atoms with van der Waals surface area (Å²) < 4.78 is 38.9. The number of carbonyl (C=O) groups excluding carboxylic acids is 1. The van der Waals surface area contributed by atoms with Gasteiger partial charge in [-0.3, -0.25) is 4.79 Å². The molecular weight excluding hydrogens is 271 g/mol. The number of benzene rings is 1. The lowest BCUT2D eigenvalue weighted by Crippen LogP contribution is -2.48. The van der Waals surface area contributed by atoms with Crippen LogP contribution in [0, 0.1) is 23.2 Å². The van der Waals surface area contributed by atoms with Crippen molar-refractivity contribution in [2.45, 2.75) is 6.18 Å². The molecule has 2 atom stereocenters. The highest BCUT2D eigenvalue weighted by atomic mass is 19.4. The second-order valence-corrected chi connectivity index (χ2v) is 4.30.